The summed E-state index contributed by atoms with van der Waals surface area (Å²) in [6.07, 6.45) is 3.81. The van der Waals surface area contributed by atoms with Crippen molar-refractivity contribution in [3.05, 3.63) is 48.2 Å². The number of halogens is 1. The van der Waals surface area contributed by atoms with Gasteiger partial charge < -0.3 is 4.42 Å². The minimum Gasteiger partial charge on any atom is -0.451 e. The number of hydrogen-bond acceptors (Lipinski definition) is 4. The van der Waals surface area contributed by atoms with Crippen LogP contribution in [0.2, 0.25) is 0 Å². The van der Waals surface area contributed by atoms with Crippen molar-refractivity contribution in [2.24, 2.45) is 0 Å². The minimum absolute atomic E-state index is 0.0940. The highest BCUT2D eigenvalue weighted by Crippen LogP contribution is 2.34. The lowest BCUT2D eigenvalue weighted by Crippen LogP contribution is -2.23. The highest BCUT2D eigenvalue weighted by Gasteiger charge is 2.29. The van der Waals surface area contributed by atoms with E-state index >= 15 is 0 Å². The molecule has 2 aromatic rings. The van der Waals surface area contributed by atoms with Crippen molar-refractivity contribution >= 4 is 19.7 Å². The molecule has 0 N–H and O–H groups in total. The molecule has 4 nitrogen and oxygen atoms in total. The van der Waals surface area contributed by atoms with Gasteiger partial charge in [0.15, 0.2) is 6.39 Å². The third-order valence-corrected chi connectivity index (χ3v) is 4.85. The van der Waals surface area contributed by atoms with Gasteiger partial charge in [-0.05, 0) is 31.0 Å². The zero-order chi connectivity index (χ0) is 14.1. The van der Waals surface area contributed by atoms with Crippen molar-refractivity contribution in [3.63, 3.8) is 0 Å². The first-order valence-corrected chi connectivity index (χ1v) is 8.13. The Morgan fingerprint density at radius 2 is 1.95 bits per heavy atom. The van der Waals surface area contributed by atoms with Crippen molar-refractivity contribution in [1.82, 2.24) is 4.98 Å². The molecule has 0 aliphatic rings. The Morgan fingerprint density at radius 1 is 1.32 bits per heavy atom. The maximum absolute atomic E-state index is 11.2. The summed E-state index contributed by atoms with van der Waals surface area (Å²) < 4.78 is 27.5. The molecule has 1 atom stereocenters. The summed E-state index contributed by atoms with van der Waals surface area (Å²) in [6.45, 7) is 4.08. The molecule has 1 aromatic heterocycles. The summed E-state index contributed by atoms with van der Waals surface area (Å²) in [6, 6.07) is 6.53. The van der Waals surface area contributed by atoms with Gasteiger partial charge in [0.05, 0.1) is 10.6 Å². The molecule has 1 heterocycles. The van der Waals surface area contributed by atoms with Crippen LogP contribution in [0.5, 0.6) is 0 Å². The van der Waals surface area contributed by atoms with E-state index in [1.165, 1.54) is 18.5 Å². The van der Waals surface area contributed by atoms with Crippen molar-refractivity contribution in [2.45, 2.75) is 30.6 Å². The monoisotopic (exact) mass is 299 g/mol. The van der Waals surface area contributed by atoms with Crippen LogP contribution in [0.25, 0.3) is 0 Å². The van der Waals surface area contributed by atoms with E-state index in [-0.39, 0.29) is 10.3 Å². The lowest BCUT2D eigenvalue weighted by Gasteiger charge is -2.26. The molecule has 6 heteroatoms. The second kappa shape index (κ2) is 4.98. The molecule has 2 rings (SSSR count). The first kappa shape index (κ1) is 14.1. The first-order valence-electron chi connectivity index (χ1n) is 5.82. The van der Waals surface area contributed by atoms with Gasteiger partial charge in [-0.1, -0.05) is 19.1 Å². The summed E-state index contributed by atoms with van der Waals surface area (Å²) in [5.41, 5.74) is 1.46. The van der Waals surface area contributed by atoms with E-state index < -0.39 is 9.05 Å². The maximum atomic E-state index is 11.2. The van der Waals surface area contributed by atoms with Crippen LogP contribution in [0, 0.1) is 0 Å². The molecular formula is C13H14ClNO3S. The number of rotatable bonds is 4. The van der Waals surface area contributed by atoms with Crippen LogP contribution in [-0.4, -0.2) is 13.4 Å². The first-order chi connectivity index (χ1) is 8.88. The van der Waals surface area contributed by atoms with Crippen LogP contribution >= 0.6 is 10.7 Å². The fourth-order valence-electron chi connectivity index (χ4n) is 2.00. The highest BCUT2D eigenvalue weighted by molar-refractivity contribution is 8.13. The number of aromatic nitrogens is 1. The third-order valence-electron chi connectivity index (χ3n) is 3.48. The van der Waals surface area contributed by atoms with Gasteiger partial charge in [-0.15, -0.1) is 0 Å². The number of benzene rings is 1. The average Bonchev–Trinajstić information content (AvgIpc) is 2.91. The molecule has 0 amide bonds. The third kappa shape index (κ3) is 2.67. The van der Waals surface area contributed by atoms with Gasteiger partial charge in [-0.25, -0.2) is 13.4 Å². The van der Waals surface area contributed by atoms with Gasteiger partial charge in [0.25, 0.3) is 9.05 Å². The summed E-state index contributed by atoms with van der Waals surface area (Å²) in [5, 5.41) is 0. The van der Waals surface area contributed by atoms with Crippen LogP contribution in [0.1, 0.15) is 31.5 Å². The number of nitrogens with zero attached hydrogens (tertiary/aromatic N) is 1. The Balaban J connectivity index is 2.46. The van der Waals surface area contributed by atoms with Gasteiger partial charge in [-0.2, -0.15) is 0 Å². The van der Waals surface area contributed by atoms with E-state index in [2.05, 4.69) is 4.98 Å². The van der Waals surface area contributed by atoms with E-state index in [9.17, 15) is 8.42 Å². The van der Waals surface area contributed by atoms with E-state index in [4.69, 9.17) is 15.1 Å². The van der Waals surface area contributed by atoms with Gasteiger partial charge >= 0.3 is 0 Å². The van der Waals surface area contributed by atoms with Crippen LogP contribution in [0.4, 0.5) is 0 Å². The Kier molecular flexibility index (Phi) is 3.69. The summed E-state index contributed by atoms with van der Waals surface area (Å²) in [5.74, 6) is 0. The van der Waals surface area contributed by atoms with E-state index in [0.29, 0.717) is 0 Å². The molecule has 0 aliphatic heterocycles. The maximum Gasteiger partial charge on any atom is 0.261 e. The van der Waals surface area contributed by atoms with Crippen molar-refractivity contribution in [2.75, 3.05) is 0 Å². The van der Waals surface area contributed by atoms with Gasteiger partial charge in [0.2, 0.25) is 0 Å². The average molecular weight is 300 g/mol. The second-order valence-corrected chi connectivity index (χ2v) is 7.09. The molecule has 102 valence electrons. The van der Waals surface area contributed by atoms with Crippen LogP contribution in [-0.2, 0) is 14.5 Å². The predicted octanol–water partition coefficient (Wildman–Crippen LogP) is 3.32. The van der Waals surface area contributed by atoms with Gasteiger partial charge in [-0.3, -0.25) is 0 Å². The zero-order valence-electron chi connectivity index (χ0n) is 10.6. The second-order valence-electron chi connectivity index (χ2n) is 4.52. The fraction of sp³-hybridized carbons (Fsp3) is 0.308. The fourth-order valence-corrected chi connectivity index (χ4v) is 2.77. The standard InChI is InChI=1S/C13H14ClNO3S/c1-3-13(2,12-8-18-9-15-12)10-4-6-11(7-5-10)19(14,16)17/h4-9H,3H2,1-2H3. The molecule has 0 radical (unpaired) electrons. The molecule has 0 bridgehead atoms. The summed E-state index contributed by atoms with van der Waals surface area (Å²) in [7, 11) is 1.62. The normalized spacial score (nSPS) is 15.1. The zero-order valence-corrected chi connectivity index (χ0v) is 12.2. The number of oxazole rings is 1. The Hall–Kier alpha value is -1.33. The van der Waals surface area contributed by atoms with Crippen LogP contribution in [0.15, 0.2) is 46.2 Å². The van der Waals surface area contributed by atoms with Gasteiger partial charge in [0.1, 0.15) is 6.26 Å². The van der Waals surface area contributed by atoms with Gasteiger partial charge in [0, 0.05) is 16.1 Å². The molecule has 0 saturated heterocycles. The lowest BCUT2D eigenvalue weighted by atomic mass is 9.78. The number of hydrogen-bond donors (Lipinski definition) is 0. The van der Waals surface area contributed by atoms with Crippen molar-refractivity contribution < 1.29 is 12.8 Å². The summed E-state index contributed by atoms with van der Waals surface area (Å²) >= 11 is 0. The molecule has 0 fully saturated rings. The highest BCUT2D eigenvalue weighted by atomic mass is 35.7. The van der Waals surface area contributed by atoms with Crippen LogP contribution in [0.3, 0.4) is 0 Å². The molecule has 0 saturated carbocycles. The predicted molar refractivity (Wildman–Crippen MR) is 72.7 cm³/mol. The van der Waals surface area contributed by atoms with E-state index in [1.807, 2.05) is 13.8 Å². The molecular weight excluding hydrogens is 286 g/mol. The van der Waals surface area contributed by atoms with E-state index in [1.54, 1.807) is 18.4 Å². The SMILES string of the molecule is CCC(C)(c1ccc(S(=O)(=O)Cl)cc1)c1cocn1. The topological polar surface area (TPSA) is 60.2 Å². The molecule has 1 aromatic carbocycles. The quantitative estimate of drug-likeness (QED) is 0.813. The Bertz CT molecular complexity index is 650. The Morgan fingerprint density at radius 3 is 2.37 bits per heavy atom. The largest absolute Gasteiger partial charge is 0.451 e. The van der Waals surface area contributed by atoms with Crippen molar-refractivity contribution in [1.29, 1.82) is 0 Å². The Labute approximate surface area is 116 Å². The lowest BCUT2D eigenvalue weighted by molar-refractivity contribution is 0.518. The summed E-state index contributed by atoms with van der Waals surface area (Å²) in [4.78, 5) is 4.29. The smallest absolute Gasteiger partial charge is 0.261 e. The minimum atomic E-state index is -3.69. The van der Waals surface area contributed by atoms with Crippen LogP contribution < -0.4 is 0 Å². The molecule has 0 spiro atoms. The van der Waals surface area contributed by atoms with Crippen molar-refractivity contribution in [3.8, 4) is 0 Å². The molecule has 19 heavy (non-hydrogen) atoms. The molecule has 0 aliphatic carbocycles. The van der Waals surface area contributed by atoms with E-state index in [0.717, 1.165) is 17.7 Å². The molecule has 1 unspecified atom stereocenters.